The van der Waals surface area contributed by atoms with E-state index in [2.05, 4.69) is 10.2 Å². The molecular weight excluding hydrogens is 535 g/mol. The molecule has 5 rings (SSSR count). The van der Waals surface area contributed by atoms with Crippen LogP contribution < -0.4 is 5.32 Å². The first-order valence-electron chi connectivity index (χ1n) is 13.8. The molecule has 2 unspecified atom stereocenters. The molecule has 2 aromatic rings. The number of carbonyl (C=O) groups excluding carboxylic acids is 3. The van der Waals surface area contributed by atoms with E-state index in [0.717, 1.165) is 55.6 Å². The quantitative estimate of drug-likeness (QED) is 0.514. The molecule has 1 N–H and O–H groups in total. The van der Waals surface area contributed by atoms with E-state index in [-0.39, 0.29) is 29.7 Å². The lowest BCUT2D eigenvalue weighted by molar-refractivity contribution is -0.153. The number of nitrogens with zero attached hydrogens (tertiary/aromatic N) is 3. The van der Waals surface area contributed by atoms with E-state index in [1.54, 1.807) is 7.05 Å². The van der Waals surface area contributed by atoms with Crippen molar-refractivity contribution in [1.29, 1.82) is 0 Å². The van der Waals surface area contributed by atoms with E-state index in [1.807, 2.05) is 59.3 Å². The summed E-state index contributed by atoms with van der Waals surface area (Å²) in [5.74, 6) is 0.0613. The molecule has 3 heterocycles. The zero-order valence-electron chi connectivity index (χ0n) is 22.6. The molecule has 9 heteroatoms. The van der Waals surface area contributed by atoms with Gasteiger partial charge in [0.2, 0.25) is 11.8 Å². The maximum atomic E-state index is 13.1. The highest BCUT2D eigenvalue weighted by Gasteiger charge is 2.48. The number of carbonyl (C=O) groups is 3. The van der Waals surface area contributed by atoms with Crippen LogP contribution in [0.1, 0.15) is 72.0 Å². The number of halogens is 2. The number of hydrogen-bond donors (Lipinski definition) is 1. The summed E-state index contributed by atoms with van der Waals surface area (Å²) in [6.07, 6.45) is 4.37. The Morgan fingerprint density at radius 3 is 2.49 bits per heavy atom. The van der Waals surface area contributed by atoms with Gasteiger partial charge < -0.3 is 20.0 Å². The molecule has 0 aliphatic carbocycles. The Balaban J connectivity index is 1.36. The highest BCUT2D eigenvalue weighted by atomic mass is 35.5. The lowest BCUT2D eigenvalue weighted by Gasteiger charge is -2.48. The van der Waals surface area contributed by atoms with E-state index < -0.39 is 5.54 Å². The van der Waals surface area contributed by atoms with Crippen molar-refractivity contribution in [2.45, 2.75) is 56.0 Å². The third-order valence-corrected chi connectivity index (χ3v) is 9.67. The lowest BCUT2D eigenvalue weighted by atomic mass is 9.82. The Hall–Kier alpha value is -2.61. The molecule has 0 saturated carbocycles. The van der Waals surface area contributed by atoms with Crippen LogP contribution in [0.3, 0.4) is 0 Å². The average molecular weight is 572 g/mol. The molecule has 208 valence electrons. The summed E-state index contributed by atoms with van der Waals surface area (Å²) in [7, 11) is 3.52. The van der Waals surface area contributed by atoms with E-state index in [4.69, 9.17) is 23.2 Å². The van der Waals surface area contributed by atoms with Gasteiger partial charge in [-0.25, -0.2) is 0 Å². The Morgan fingerprint density at radius 2 is 1.79 bits per heavy atom. The number of likely N-dealkylation sites (N-methyl/N-ethyl adjacent to an activating group) is 2. The number of likely N-dealkylation sites (tertiary alicyclic amines) is 2. The molecule has 7 nitrogen and oxygen atoms in total. The molecule has 0 bridgehead atoms. The minimum atomic E-state index is -0.775. The Kier molecular flexibility index (Phi) is 8.22. The molecule has 3 aliphatic rings. The molecule has 0 aromatic heterocycles. The zero-order valence-corrected chi connectivity index (χ0v) is 24.1. The fraction of sp³-hybridized carbons (Fsp3) is 0.500. The van der Waals surface area contributed by atoms with Gasteiger partial charge in [0.1, 0.15) is 5.54 Å². The molecule has 39 heavy (non-hydrogen) atoms. The minimum Gasteiger partial charge on any atom is -0.357 e. The van der Waals surface area contributed by atoms with Gasteiger partial charge in [-0.2, -0.15) is 0 Å². The van der Waals surface area contributed by atoms with Crippen LogP contribution in [-0.2, 0) is 9.59 Å². The predicted octanol–water partition coefficient (Wildman–Crippen LogP) is 4.89. The third kappa shape index (κ3) is 5.17. The van der Waals surface area contributed by atoms with E-state index in [9.17, 15) is 14.4 Å². The SMILES string of the molecule is CNC(=O)C1(N2CCCCC2=O)CCN(CCC(c2ccc(Cl)c(Cl)c2)C2c3ccccc3C(=O)N2C)CC1. The lowest BCUT2D eigenvalue weighted by Crippen LogP contribution is -2.65. The normalized spacial score (nSPS) is 22.1. The Bertz CT molecular complexity index is 1260. The summed E-state index contributed by atoms with van der Waals surface area (Å²) in [5.41, 5.74) is 2.04. The summed E-state index contributed by atoms with van der Waals surface area (Å²) in [5, 5.41) is 3.84. The summed E-state index contributed by atoms with van der Waals surface area (Å²) >= 11 is 12.7. The van der Waals surface area contributed by atoms with E-state index in [0.29, 0.717) is 35.9 Å². The van der Waals surface area contributed by atoms with Crippen molar-refractivity contribution in [2.75, 3.05) is 40.3 Å². The van der Waals surface area contributed by atoms with Crippen molar-refractivity contribution in [2.24, 2.45) is 0 Å². The van der Waals surface area contributed by atoms with Gasteiger partial charge in [0, 0.05) is 51.6 Å². The number of fused-ring (bicyclic) bond motifs is 1. The highest BCUT2D eigenvalue weighted by Crippen LogP contribution is 2.45. The zero-order chi connectivity index (χ0) is 27.7. The van der Waals surface area contributed by atoms with Crippen LogP contribution in [0.5, 0.6) is 0 Å². The van der Waals surface area contributed by atoms with Crippen LogP contribution in [0.15, 0.2) is 42.5 Å². The smallest absolute Gasteiger partial charge is 0.254 e. The standard InChI is InChI=1S/C30H36Cl2N4O3/c1-33-29(39)30(36-15-6-5-9-26(36)37)13-17-35(18-14-30)16-12-21(20-10-11-24(31)25(32)19-20)27-22-7-3-4-8-23(22)28(38)34(27)2/h3-4,7-8,10-11,19,21,27H,5-6,9,12-18H2,1-2H3,(H,33,39). The number of rotatable bonds is 7. The molecule has 2 fully saturated rings. The fourth-order valence-corrected chi connectivity index (χ4v) is 7.10. The third-order valence-electron chi connectivity index (χ3n) is 8.93. The van der Waals surface area contributed by atoms with Gasteiger partial charge in [-0.05, 0) is 68.0 Å². The van der Waals surface area contributed by atoms with Crippen LogP contribution in [0.4, 0.5) is 0 Å². The first kappa shape index (κ1) is 27.9. The minimum absolute atomic E-state index is 0.00617. The van der Waals surface area contributed by atoms with Crippen molar-refractivity contribution in [3.05, 3.63) is 69.2 Å². The highest BCUT2D eigenvalue weighted by molar-refractivity contribution is 6.42. The van der Waals surface area contributed by atoms with Crippen molar-refractivity contribution >= 4 is 40.9 Å². The van der Waals surface area contributed by atoms with Crippen molar-refractivity contribution in [3.8, 4) is 0 Å². The number of hydrogen-bond acceptors (Lipinski definition) is 4. The molecule has 3 aliphatic heterocycles. The number of benzene rings is 2. The maximum Gasteiger partial charge on any atom is 0.254 e. The molecular formula is C30H36Cl2N4O3. The van der Waals surface area contributed by atoms with Crippen LogP contribution in [-0.4, -0.2) is 78.2 Å². The van der Waals surface area contributed by atoms with E-state index in [1.165, 1.54) is 0 Å². The Morgan fingerprint density at radius 1 is 1.05 bits per heavy atom. The van der Waals surface area contributed by atoms with Crippen LogP contribution in [0, 0.1) is 0 Å². The van der Waals surface area contributed by atoms with Gasteiger partial charge in [0.25, 0.3) is 5.91 Å². The second-order valence-corrected chi connectivity index (χ2v) is 11.8. The second kappa shape index (κ2) is 11.5. The fourth-order valence-electron chi connectivity index (χ4n) is 6.79. The van der Waals surface area contributed by atoms with Gasteiger partial charge in [-0.1, -0.05) is 47.5 Å². The summed E-state index contributed by atoms with van der Waals surface area (Å²) in [6.45, 7) is 2.89. The number of piperidine rings is 2. The topological polar surface area (TPSA) is 73.0 Å². The first-order chi connectivity index (χ1) is 18.8. The summed E-state index contributed by atoms with van der Waals surface area (Å²) in [6, 6.07) is 13.5. The monoisotopic (exact) mass is 570 g/mol. The predicted molar refractivity (Wildman–Crippen MR) is 153 cm³/mol. The molecule has 3 amide bonds. The number of amides is 3. The first-order valence-corrected chi connectivity index (χ1v) is 14.6. The molecule has 0 radical (unpaired) electrons. The van der Waals surface area contributed by atoms with Gasteiger partial charge in [-0.15, -0.1) is 0 Å². The van der Waals surface area contributed by atoms with Crippen LogP contribution >= 0.6 is 23.2 Å². The number of nitrogens with one attached hydrogen (secondary N) is 1. The Labute approximate surface area is 240 Å². The molecule has 2 saturated heterocycles. The molecule has 0 spiro atoms. The second-order valence-electron chi connectivity index (χ2n) is 11.0. The van der Waals surface area contributed by atoms with Crippen LogP contribution in [0.25, 0.3) is 0 Å². The summed E-state index contributed by atoms with van der Waals surface area (Å²) in [4.78, 5) is 45.1. The molecule has 2 aromatic carbocycles. The van der Waals surface area contributed by atoms with Gasteiger partial charge >= 0.3 is 0 Å². The van der Waals surface area contributed by atoms with Crippen molar-refractivity contribution in [3.63, 3.8) is 0 Å². The van der Waals surface area contributed by atoms with Crippen LogP contribution in [0.2, 0.25) is 10.0 Å². The largest absolute Gasteiger partial charge is 0.357 e. The van der Waals surface area contributed by atoms with E-state index >= 15 is 0 Å². The van der Waals surface area contributed by atoms with Gasteiger partial charge in [0.15, 0.2) is 0 Å². The van der Waals surface area contributed by atoms with Crippen molar-refractivity contribution in [1.82, 2.24) is 20.0 Å². The van der Waals surface area contributed by atoms with Crippen molar-refractivity contribution < 1.29 is 14.4 Å². The molecule has 2 atom stereocenters. The average Bonchev–Trinajstić information content (AvgIpc) is 3.20. The van der Waals surface area contributed by atoms with Gasteiger partial charge in [0.05, 0.1) is 16.1 Å². The van der Waals surface area contributed by atoms with Gasteiger partial charge in [-0.3, -0.25) is 14.4 Å². The maximum absolute atomic E-state index is 13.1. The summed E-state index contributed by atoms with van der Waals surface area (Å²) < 4.78 is 0.